The van der Waals surface area contributed by atoms with Crippen LogP contribution in [0.1, 0.15) is 5.56 Å². The highest BCUT2D eigenvalue weighted by Gasteiger charge is 2.17. The van der Waals surface area contributed by atoms with Crippen LogP contribution in [-0.2, 0) is 0 Å². The number of phenols is 1. The van der Waals surface area contributed by atoms with Gasteiger partial charge in [0.25, 0.3) is 0 Å². The first kappa shape index (κ1) is 18.8. The van der Waals surface area contributed by atoms with Gasteiger partial charge in [-0.2, -0.15) is 0 Å². The first-order valence-corrected chi connectivity index (χ1v) is 8.77. The van der Waals surface area contributed by atoms with Crippen LogP contribution in [-0.4, -0.2) is 65.6 Å². The Morgan fingerprint density at radius 2 is 1.81 bits per heavy atom. The Morgan fingerprint density at radius 3 is 2.44 bits per heavy atom. The number of para-hydroxylation sites is 1. The third-order valence-corrected chi connectivity index (χ3v) is 4.60. The van der Waals surface area contributed by atoms with Crippen molar-refractivity contribution in [3.63, 3.8) is 0 Å². The summed E-state index contributed by atoms with van der Waals surface area (Å²) in [4.78, 5) is 19.1. The molecule has 0 atom stereocenters. The molecule has 1 aliphatic heterocycles. The monoisotopic (exact) mass is 370 g/mol. The maximum absolute atomic E-state index is 10.9. The van der Waals surface area contributed by atoms with Gasteiger partial charge in [0.15, 0.2) is 0 Å². The Labute approximate surface area is 157 Å². The number of benzene rings is 2. The Bertz CT molecular complexity index is 815. The van der Waals surface area contributed by atoms with Crippen LogP contribution in [0.15, 0.2) is 47.5 Å². The third kappa shape index (κ3) is 4.60. The molecule has 2 aromatic carbocycles. The van der Waals surface area contributed by atoms with Gasteiger partial charge in [0.1, 0.15) is 0 Å². The van der Waals surface area contributed by atoms with Crippen molar-refractivity contribution in [1.82, 2.24) is 4.90 Å². The van der Waals surface area contributed by atoms with Crippen molar-refractivity contribution < 1.29 is 15.1 Å². The molecule has 27 heavy (non-hydrogen) atoms. The molecule has 1 fully saturated rings. The Hall–Kier alpha value is -2.97. The summed E-state index contributed by atoms with van der Waals surface area (Å²) in [5.41, 5.74) is 1.77. The molecule has 1 aliphatic rings. The highest BCUT2D eigenvalue weighted by atomic mass is 16.6. The van der Waals surface area contributed by atoms with Gasteiger partial charge < -0.3 is 15.1 Å². The molecule has 0 saturated carbocycles. The number of aliphatic hydroxyl groups excluding tert-OH is 1. The predicted octanol–water partition coefficient (Wildman–Crippen LogP) is 2.17. The molecule has 0 spiro atoms. The highest BCUT2D eigenvalue weighted by molar-refractivity contribution is 5.87. The lowest BCUT2D eigenvalue weighted by Crippen LogP contribution is -2.47. The second-order valence-corrected chi connectivity index (χ2v) is 6.30. The largest absolute Gasteiger partial charge is 0.502 e. The van der Waals surface area contributed by atoms with Crippen molar-refractivity contribution >= 4 is 23.3 Å². The first-order valence-electron chi connectivity index (χ1n) is 8.77. The minimum absolute atomic E-state index is 0.187. The minimum atomic E-state index is -0.623. The van der Waals surface area contributed by atoms with E-state index in [1.807, 2.05) is 24.3 Å². The summed E-state index contributed by atoms with van der Waals surface area (Å²) in [6, 6.07) is 12.1. The second kappa shape index (κ2) is 8.61. The number of nitro groups is 1. The number of nitro benzene ring substituents is 1. The van der Waals surface area contributed by atoms with E-state index >= 15 is 0 Å². The van der Waals surface area contributed by atoms with Crippen LogP contribution >= 0.6 is 0 Å². The van der Waals surface area contributed by atoms with Gasteiger partial charge in [0.2, 0.25) is 5.75 Å². The maximum atomic E-state index is 10.9. The van der Waals surface area contributed by atoms with E-state index in [1.165, 1.54) is 18.3 Å². The molecule has 0 amide bonds. The SMILES string of the molecule is O=[N+]([O-])c1cccc(C=Nc2ccc(N3CCN(CCO)CC3)cc2)c1O. The summed E-state index contributed by atoms with van der Waals surface area (Å²) < 4.78 is 0. The van der Waals surface area contributed by atoms with Gasteiger partial charge in [-0.25, -0.2) is 0 Å². The molecular weight excluding hydrogens is 348 g/mol. The van der Waals surface area contributed by atoms with Crippen LogP contribution in [0.25, 0.3) is 0 Å². The van der Waals surface area contributed by atoms with Crippen LogP contribution in [0, 0.1) is 10.1 Å². The number of aliphatic hydroxyl groups is 1. The number of rotatable bonds is 6. The van der Waals surface area contributed by atoms with Crippen LogP contribution < -0.4 is 4.90 Å². The van der Waals surface area contributed by atoms with Crippen LogP contribution in [0.3, 0.4) is 0 Å². The fourth-order valence-electron chi connectivity index (χ4n) is 3.06. The van der Waals surface area contributed by atoms with E-state index in [2.05, 4.69) is 14.8 Å². The Kier molecular flexibility index (Phi) is 6.00. The van der Waals surface area contributed by atoms with Gasteiger partial charge in [-0.1, -0.05) is 6.07 Å². The highest BCUT2D eigenvalue weighted by Crippen LogP contribution is 2.28. The van der Waals surface area contributed by atoms with Gasteiger partial charge in [-0.15, -0.1) is 0 Å². The zero-order chi connectivity index (χ0) is 19.2. The van der Waals surface area contributed by atoms with E-state index in [0.29, 0.717) is 17.8 Å². The minimum Gasteiger partial charge on any atom is -0.502 e. The standard InChI is InChI=1S/C19H22N4O4/c24-13-12-21-8-10-22(11-9-21)17-6-4-16(5-7-17)20-14-15-2-1-3-18(19(15)25)23(26)27/h1-7,14,24-25H,8-13H2. The van der Waals surface area contributed by atoms with Gasteiger partial charge in [0, 0.05) is 56.3 Å². The van der Waals surface area contributed by atoms with E-state index in [0.717, 1.165) is 31.9 Å². The number of nitrogens with zero attached hydrogens (tertiary/aromatic N) is 4. The summed E-state index contributed by atoms with van der Waals surface area (Å²) in [5.74, 6) is -0.386. The molecule has 0 aliphatic carbocycles. The van der Waals surface area contributed by atoms with Crippen molar-refractivity contribution in [3.8, 4) is 5.75 Å². The molecule has 0 aromatic heterocycles. The molecule has 1 saturated heterocycles. The average Bonchev–Trinajstić information content (AvgIpc) is 2.68. The van der Waals surface area contributed by atoms with E-state index in [-0.39, 0.29) is 18.0 Å². The lowest BCUT2D eigenvalue weighted by molar-refractivity contribution is -0.385. The van der Waals surface area contributed by atoms with Crippen molar-refractivity contribution in [3.05, 3.63) is 58.1 Å². The molecule has 2 aromatic rings. The molecule has 2 N–H and O–H groups in total. The van der Waals surface area contributed by atoms with Crippen molar-refractivity contribution in [2.75, 3.05) is 44.2 Å². The lowest BCUT2D eigenvalue weighted by atomic mass is 10.2. The smallest absolute Gasteiger partial charge is 0.311 e. The zero-order valence-corrected chi connectivity index (χ0v) is 14.9. The summed E-state index contributed by atoms with van der Waals surface area (Å²) in [6.45, 7) is 4.56. The normalized spacial score (nSPS) is 15.4. The zero-order valence-electron chi connectivity index (χ0n) is 14.9. The number of hydrogen-bond donors (Lipinski definition) is 2. The fourth-order valence-corrected chi connectivity index (χ4v) is 3.06. The number of aromatic hydroxyl groups is 1. The molecule has 8 nitrogen and oxygen atoms in total. The lowest BCUT2D eigenvalue weighted by Gasteiger charge is -2.35. The molecule has 142 valence electrons. The predicted molar refractivity (Wildman–Crippen MR) is 104 cm³/mol. The van der Waals surface area contributed by atoms with Crippen molar-refractivity contribution in [1.29, 1.82) is 0 Å². The Morgan fingerprint density at radius 1 is 1.11 bits per heavy atom. The number of phenolic OH excluding ortho intramolecular Hbond substituents is 1. The van der Waals surface area contributed by atoms with E-state index < -0.39 is 4.92 Å². The molecule has 1 heterocycles. The molecule has 0 bridgehead atoms. The number of piperazine rings is 1. The number of β-amino-alcohol motifs (C(OH)–C–C–N with tert-alkyl or cyclic N) is 1. The van der Waals surface area contributed by atoms with Crippen LogP contribution in [0.5, 0.6) is 5.75 Å². The average molecular weight is 370 g/mol. The number of aliphatic imine (C=N–C) groups is 1. The molecule has 8 heteroatoms. The third-order valence-electron chi connectivity index (χ3n) is 4.60. The number of hydrogen-bond acceptors (Lipinski definition) is 7. The summed E-state index contributed by atoms with van der Waals surface area (Å²) >= 11 is 0. The molecular formula is C19H22N4O4. The molecule has 0 radical (unpaired) electrons. The fraction of sp³-hybridized carbons (Fsp3) is 0.316. The number of anilines is 1. The Balaban J connectivity index is 1.66. The van der Waals surface area contributed by atoms with Gasteiger partial charge in [0.05, 0.1) is 17.2 Å². The van der Waals surface area contributed by atoms with Crippen molar-refractivity contribution in [2.45, 2.75) is 0 Å². The van der Waals surface area contributed by atoms with Gasteiger partial charge >= 0.3 is 5.69 Å². The van der Waals surface area contributed by atoms with Crippen LogP contribution in [0.2, 0.25) is 0 Å². The van der Waals surface area contributed by atoms with Crippen LogP contribution in [0.4, 0.5) is 17.1 Å². The molecule has 0 unspecified atom stereocenters. The summed E-state index contributed by atoms with van der Waals surface area (Å²) in [6.07, 6.45) is 1.42. The molecule has 3 rings (SSSR count). The second-order valence-electron chi connectivity index (χ2n) is 6.30. The van der Waals surface area contributed by atoms with Crippen molar-refractivity contribution in [2.24, 2.45) is 4.99 Å². The summed E-state index contributed by atoms with van der Waals surface area (Å²) in [5, 5.41) is 29.8. The first-order chi connectivity index (χ1) is 13.1. The van der Waals surface area contributed by atoms with E-state index in [4.69, 9.17) is 5.11 Å². The van der Waals surface area contributed by atoms with Gasteiger partial charge in [-0.05, 0) is 30.3 Å². The van der Waals surface area contributed by atoms with Gasteiger partial charge in [-0.3, -0.25) is 20.0 Å². The van der Waals surface area contributed by atoms with E-state index in [9.17, 15) is 15.2 Å². The quantitative estimate of drug-likeness (QED) is 0.459. The van der Waals surface area contributed by atoms with E-state index in [1.54, 1.807) is 6.07 Å². The summed E-state index contributed by atoms with van der Waals surface area (Å²) in [7, 11) is 0. The maximum Gasteiger partial charge on any atom is 0.311 e. The topological polar surface area (TPSA) is 102 Å².